The first-order valence-corrected chi connectivity index (χ1v) is 8.27. The average Bonchev–Trinajstić information content (AvgIpc) is 2.82. The molecule has 0 aliphatic heterocycles. The predicted molar refractivity (Wildman–Crippen MR) is 81.1 cm³/mol. The Balaban J connectivity index is 2.64. The van der Waals surface area contributed by atoms with Gasteiger partial charge in [0.1, 0.15) is 0 Å². The highest BCUT2D eigenvalue weighted by molar-refractivity contribution is 7.89. The molecule has 1 heterocycles. The second-order valence-electron chi connectivity index (χ2n) is 5.56. The molecule has 0 aliphatic rings. The minimum Gasteiger partial charge on any atom is -0.363 e. The van der Waals surface area contributed by atoms with Crippen molar-refractivity contribution in [3.8, 4) is 0 Å². The highest BCUT2D eigenvalue weighted by Gasteiger charge is 2.17. The van der Waals surface area contributed by atoms with E-state index in [0.29, 0.717) is 19.1 Å². The van der Waals surface area contributed by atoms with Crippen molar-refractivity contribution in [3.63, 3.8) is 0 Å². The minimum absolute atomic E-state index is 0.144. The molecule has 0 spiro atoms. The van der Waals surface area contributed by atoms with Crippen LogP contribution in [0.3, 0.4) is 0 Å². The molecule has 3 N–H and O–H groups in total. The Hall–Kier alpha value is -0.890. The molecule has 1 unspecified atom stereocenters. The van der Waals surface area contributed by atoms with Crippen LogP contribution in [0.4, 0.5) is 0 Å². The second-order valence-corrected chi connectivity index (χ2v) is 7.33. The molecule has 0 saturated heterocycles. The number of hydrogen-bond acceptors (Lipinski definition) is 4. The van der Waals surface area contributed by atoms with Gasteiger partial charge >= 0.3 is 0 Å². The molecule has 6 nitrogen and oxygen atoms in total. The van der Waals surface area contributed by atoms with Gasteiger partial charge in [-0.3, -0.25) is 0 Å². The third-order valence-electron chi connectivity index (χ3n) is 3.18. The maximum Gasteiger partial charge on any atom is 0.242 e. The zero-order valence-electron chi connectivity index (χ0n) is 12.9. The van der Waals surface area contributed by atoms with Crippen LogP contribution in [0.2, 0.25) is 0 Å². The zero-order chi connectivity index (χ0) is 15.3. The molecule has 0 aromatic carbocycles. The van der Waals surface area contributed by atoms with Gasteiger partial charge in [-0.25, -0.2) is 13.1 Å². The third kappa shape index (κ3) is 5.24. The Morgan fingerprint density at radius 3 is 2.50 bits per heavy atom. The molecule has 20 heavy (non-hydrogen) atoms. The predicted octanol–water partition coefficient (Wildman–Crippen LogP) is 0.741. The van der Waals surface area contributed by atoms with Crippen molar-refractivity contribution in [2.45, 2.75) is 44.3 Å². The number of hydrogen-bond donors (Lipinski definition) is 3. The molecule has 0 radical (unpaired) electrons. The molecule has 7 heteroatoms. The summed E-state index contributed by atoms with van der Waals surface area (Å²) in [5, 5.41) is 3.24. The maximum absolute atomic E-state index is 12.1. The van der Waals surface area contributed by atoms with Gasteiger partial charge in [0.15, 0.2) is 0 Å². The summed E-state index contributed by atoms with van der Waals surface area (Å²) >= 11 is 0. The van der Waals surface area contributed by atoms with E-state index in [2.05, 4.69) is 15.0 Å². The van der Waals surface area contributed by atoms with E-state index in [1.807, 2.05) is 39.8 Å². The van der Waals surface area contributed by atoms with Gasteiger partial charge in [-0.1, -0.05) is 13.8 Å². The lowest BCUT2D eigenvalue weighted by Gasteiger charge is -2.19. The molecule has 1 aromatic heterocycles. The van der Waals surface area contributed by atoms with Crippen molar-refractivity contribution in [1.29, 1.82) is 0 Å². The topological polar surface area (TPSA) is 77.2 Å². The van der Waals surface area contributed by atoms with E-state index in [9.17, 15) is 8.42 Å². The molecule has 0 saturated carbocycles. The van der Waals surface area contributed by atoms with Crippen LogP contribution in [0.15, 0.2) is 17.2 Å². The van der Waals surface area contributed by atoms with E-state index in [0.717, 1.165) is 5.69 Å². The fourth-order valence-electron chi connectivity index (χ4n) is 1.49. The van der Waals surface area contributed by atoms with Gasteiger partial charge in [-0.2, -0.15) is 0 Å². The number of H-pyrrole nitrogens is 1. The molecule has 0 bridgehead atoms. The van der Waals surface area contributed by atoms with Crippen molar-refractivity contribution < 1.29 is 8.42 Å². The van der Waals surface area contributed by atoms with Crippen LogP contribution in [0.25, 0.3) is 0 Å². The van der Waals surface area contributed by atoms with Gasteiger partial charge < -0.3 is 15.2 Å². The molecule has 0 fully saturated rings. The fourth-order valence-corrected chi connectivity index (χ4v) is 2.63. The molecule has 1 atom stereocenters. The van der Waals surface area contributed by atoms with Gasteiger partial charge in [-0.15, -0.1) is 0 Å². The first-order valence-electron chi connectivity index (χ1n) is 6.79. The normalized spacial score (nSPS) is 14.2. The Kier molecular flexibility index (Phi) is 6.19. The number of aromatic nitrogens is 1. The standard InChI is InChI=1S/C13H26N4O2S/c1-10(2)14-8-12-6-13(9-15-12)20(18,19)16-7-11(3)17(4)5/h6,9-11,14-16H,7-8H2,1-5H3. The average molecular weight is 302 g/mol. The summed E-state index contributed by atoms with van der Waals surface area (Å²) in [6, 6.07) is 2.17. The van der Waals surface area contributed by atoms with Crippen LogP contribution < -0.4 is 10.0 Å². The molecular weight excluding hydrogens is 276 g/mol. The smallest absolute Gasteiger partial charge is 0.242 e. The van der Waals surface area contributed by atoms with Crippen molar-refractivity contribution in [1.82, 2.24) is 19.9 Å². The number of rotatable bonds is 8. The SMILES string of the molecule is CC(C)NCc1cc(S(=O)(=O)NCC(C)N(C)C)c[nH]1. The van der Waals surface area contributed by atoms with Crippen LogP contribution in [-0.2, 0) is 16.6 Å². The first-order chi connectivity index (χ1) is 9.22. The second kappa shape index (κ2) is 7.21. The van der Waals surface area contributed by atoms with Crippen LogP contribution in [0, 0.1) is 0 Å². The van der Waals surface area contributed by atoms with E-state index in [1.165, 1.54) is 6.20 Å². The fraction of sp³-hybridized carbons (Fsp3) is 0.692. The summed E-state index contributed by atoms with van der Waals surface area (Å²) in [6.45, 7) is 7.08. The molecule has 116 valence electrons. The van der Waals surface area contributed by atoms with Crippen molar-refractivity contribution in [3.05, 3.63) is 18.0 Å². The Bertz CT molecular complexity index is 508. The van der Waals surface area contributed by atoms with E-state index in [4.69, 9.17) is 0 Å². The van der Waals surface area contributed by atoms with Crippen LogP contribution >= 0.6 is 0 Å². The summed E-state index contributed by atoms with van der Waals surface area (Å²) in [4.78, 5) is 5.24. The maximum atomic E-state index is 12.1. The lowest BCUT2D eigenvalue weighted by molar-refractivity contribution is 0.314. The molecule has 0 amide bonds. The summed E-state index contributed by atoms with van der Waals surface area (Å²) in [6.07, 6.45) is 1.53. The number of nitrogens with one attached hydrogen (secondary N) is 3. The van der Waals surface area contributed by atoms with Gasteiger partial charge in [-0.05, 0) is 27.1 Å². The van der Waals surface area contributed by atoms with E-state index in [-0.39, 0.29) is 10.9 Å². The first kappa shape index (κ1) is 17.2. The van der Waals surface area contributed by atoms with Crippen LogP contribution in [0.1, 0.15) is 26.5 Å². The number of sulfonamides is 1. The zero-order valence-corrected chi connectivity index (χ0v) is 13.7. The Morgan fingerprint density at radius 1 is 1.30 bits per heavy atom. The van der Waals surface area contributed by atoms with Crippen molar-refractivity contribution in [2.75, 3.05) is 20.6 Å². The number of likely N-dealkylation sites (N-methyl/N-ethyl adjacent to an activating group) is 1. The Morgan fingerprint density at radius 2 is 1.95 bits per heavy atom. The summed E-state index contributed by atoms with van der Waals surface area (Å²) in [7, 11) is 0.401. The summed E-state index contributed by atoms with van der Waals surface area (Å²) < 4.78 is 26.9. The molecule has 0 aliphatic carbocycles. The molecule has 1 rings (SSSR count). The van der Waals surface area contributed by atoms with Crippen LogP contribution in [0.5, 0.6) is 0 Å². The number of aromatic amines is 1. The number of nitrogens with zero attached hydrogens (tertiary/aromatic N) is 1. The lowest BCUT2D eigenvalue weighted by atomic mass is 10.3. The lowest BCUT2D eigenvalue weighted by Crippen LogP contribution is -2.38. The van der Waals surface area contributed by atoms with E-state index >= 15 is 0 Å². The molecular formula is C13H26N4O2S. The molecule has 1 aromatic rings. The van der Waals surface area contributed by atoms with Gasteiger partial charge in [0, 0.05) is 37.1 Å². The van der Waals surface area contributed by atoms with Crippen molar-refractivity contribution in [2.24, 2.45) is 0 Å². The summed E-state index contributed by atoms with van der Waals surface area (Å²) in [5.41, 5.74) is 0.861. The van der Waals surface area contributed by atoms with E-state index in [1.54, 1.807) is 6.07 Å². The quantitative estimate of drug-likeness (QED) is 0.662. The van der Waals surface area contributed by atoms with Gasteiger partial charge in [0.05, 0.1) is 4.90 Å². The minimum atomic E-state index is -3.44. The van der Waals surface area contributed by atoms with Gasteiger partial charge in [0.25, 0.3) is 0 Å². The monoisotopic (exact) mass is 302 g/mol. The van der Waals surface area contributed by atoms with E-state index < -0.39 is 10.0 Å². The summed E-state index contributed by atoms with van der Waals surface area (Å²) in [5.74, 6) is 0. The van der Waals surface area contributed by atoms with Gasteiger partial charge in [0.2, 0.25) is 10.0 Å². The van der Waals surface area contributed by atoms with Crippen molar-refractivity contribution >= 4 is 10.0 Å². The highest BCUT2D eigenvalue weighted by Crippen LogP contribution is 2.10. The Labute approximate surface area is 122 Å². The third-order valence-corrected chi connectivity index (χ3v) is 4.58. The van der Waals surface area contributed by atoms with Crippen LogP contribution in [-0.4, -0.2) is 51.0 Å². The highest BCUT2D eigenvalue weighted by atomic mass is 32.2. The largest absolute Gasteiger partial charge is 0.363 e.